The molecular formula is C14H13N5O4S. The Morgan fingerprint density at radius 1 is 1.46 bits per heavy atom. The van der Waals surface area contributed by atoms with Crippen LogP contribution in [0, 0.1) is 6.92 Å². The molecule has 3 heterocycles. The molecule has 0 aliphatic carbocycles. The van der Waals surface area contributed by atoms with E-state index in [2.05, 4.69) is 30.2 Å². The summed E-state index contributed by atoms with van der Waals surface area (Å²) in [5.41, 5.74) is -0.0379. The summed E-state index contributed by atoms with van der Waals surface area (Å²) in [6.45, 7) is 2.04. The van der Waals surface area contributed by atoms with Gasteiger partial charge in [-0.05, 0) is 23.5 Å². The molecule has 3 aromatic heterocycles. The third kappa shape index (κ3) is 3.49. The normalized spacial score (nSPS) is 10.5. The third-order valence-corrected chi connectivity index (χ3v) is 3.91. The van der Waals surface area contributed by atoms with Gasteiger partial charge in [-0.15, -0.1) is 11.3 Å². The average molecular weight is 347 g/mol. The summed E-state index contributed by atoms with van der Waals surface area (Å²) >= 11 is 1.45. The van der Waals surface area contributed by atoms with Crippen LogP contribution in [0.4, 0.5) is 0 Å². The highest BCUT2D eigenvalue weighted by Crippen LogP contribution is 2.19. The van der Waals surface area contributed by atoms with Crippen molar-refractivity contribution in [3.8, 4) is 16.6 Å². The molecule has 0 bridgehead atoms. The predicted octanol–water partition coefficient (Wildman–Crippen LogP) is 0.999. The molecule has 0 saturated carbocycles. The maximum absolute atomic E-state index is 12.0. The Balaban J connectivity index is 1.57. The smallest absolute Gasteiger partial charge is 0.278 e. The molecule has 3 aromatic rings. The Labute approximate surface area is 139 Å². The van der Waals surface area contributed by atoms with Crippen molar-refractivity contribution in [2.75, 3.05) is 13.2 Å². The van der Waals surface area contributed by atoms with Gasteiger partial charge in [-0.2, -0.15) is 0 Å². The van der Waals surface area contributed by atoms with E-state index in [0.717, 1.165) is 4.88 Å². The molecule has 1 amide bonds. The molecule has 0 unspecified atom stereocenters. The number of nitrogens with one attached hydrogen (secondary N) is 2. The van der Waals surface area contributed by atoms with Gasteiger partial charge >= 0.3 is 0 Å². The number of rotatable bonds is 6. The zero-order chi connectivity index (χ0) is 16.9. The molecule has 124 valence electrons. The van der Waals surface area contributed by atoms with Crippen LogP contribution in [0.15, 0.2) is 33.1 Å². The first-order valence-corrected chi connectivity index (χ1v) is 7.86. The average Bonchev–Trinajstić information content (AvgIpc) is 3.23. The van der Waals surface area contributed by atoms with Gasteiger partial charge in [0.05, 0.1) is 11.4 Å². The van der Waals surface area contributed by atoms with Gasteiger partial charge < -0.3 is 15.0 Å². The summed E-state index contributed by atoms with van der Waals surface area (Å²) in [5, 5.41) is 11.6. The Morgan fingerprint density at radius 2 is 2.33 bits per heavy atom. The number of amides is 1. The molecule has 0 aromatic carbocycles. The van der Waals surface area contributed by atoms with Gasteiger partial charge in [0.25, 0.3) is 17.3 Å². The van der Waals surface area contributed by atoms with Gasteiger partial charge in [0.15, 0.2) is 0 Å². The number of hydrogen-bond donors (Lipinski definition) is 2. The molecule has 0 aliphatic rings. The molecule has 10 heteroatoms. The maximum atomic E-state index is 12.0. The third-order valence-electron chi connectivity index (χ3n) is 3.04. The zero-order valence-corrected chi connectivity index (χ0v) is 13.4. The van der Waals surface area contributed by atoms with Gasteiger partial charge in [0.2, 0.25) is 0 Å². The standard InChI is InChI=1S/C14H13N5O4S/c1-8-14(19-23-18-8)22-5-4-15-12(20)9-7-16-11(17-13(9)21)10-3-2-6-24-10/h2-3,6-7H,4-5H2,1H3,(H,15,20)(H,16,17,21). The van der Waals surface area contributed by atoms with E-state index >= 15 is 0 Å². The van der Waals surface area contributed by atoms with E-state index in [1.807, 2.05) is 17.5 Å². The lowest BCUT2D eigenvalue weighted by Gasteiger charge is -2.05. The molecule has 0 atom stereocenters. The highest BCUT2D eigenvalue weighted by molar-refractivity contribution is 7.13. The van der Waals surface area contributed by atoms with Crippen LogP contribution < -0.4 is 15.6 Å². The van der Waals surface area contributed by atoms with Gasteiger partial charge in [0, 0.05) is 6.20 Å². The second kappa shape index (κ2) is 7.04. The number of aromatic nitrogens is 4. The van der Waals surface area contributed by atoms with Crippen molar-refractivity contribution in [2.45, 2.75) is 6.92 Å². The van der Waals surface area contributed by atoms with Gasteiger partial charge in [-0.3, -0.25) is 9.59 Å². The molecule has 3 rings (SSSR count). The lowest BCUT2D eigenvalue weighted by molar-refractivity contribution is 0.0944. The van der Waals surface area contributed by atoms with Crippen LogP contribution in [0.5, 0.6) is 5.88 Å². The molecule has 0 spiro atoms. The topological polar surface area (TPSA) is 123 Å². The molecule has 0 aliphatic heterocycles. The van der Waals surface area contributed by atoms with Crippen molar-refractivity contribution in [2.24, 2.45) is 0 Å². The first kappa shape index (κ1) is 15.9. The van der Waals surface area contributed by atoms with Crippen LogP contribution in [0.3, 0.4) is 0 Å². The van der Waals surface area contributed by atoms with E-state index in [1.165, 1.54) is 17.5 Å². The number of aromatic amines is 1. The fourth-order valence-corrected chi connectivity index (χ4v) is 2.53. The molecule has 24 heavy (non-hydrogen) atoms. The molecule has 0 fully saturated rings. The van der Waals surface area contributed by atoms with Crippen LogP contribution in [0.1, 0.15) is 16.1 Å². The van der Waals surface area contributed by atoms with E-state index in [0.29, 0.717) is 11.5 Å². The number of nitrogens with zero attached hydrogens (tertiary/aromatic N) is 3. The number of thiophene rings is 1. The number of carbonyl (C=O) groups is 1. The Bertz CT molecular complexity index is 887. The highest BCUT2D eigenvalue weighted by atomic mass is 32.1. The summed E-state index contributed by atoms with van der Waals surface area (Å²) in [6, 6.07) is 3.69. The van der Waals surface area contributed by atoms with Gasteiger partial charge in [-0.1, -0.05) is 11.2 Å². The fourth-order valence-electron chi connectivity index (χ4n) is 1.86. The largest absolute Gasteiger partial charge is 0.472 e. The molecule has 2 N–H and O–H groups in total. The van der Waals surface area contributed by atoms with Crippen molar-refractivity contribution >= 4 is 17.2 Å². The summed E-state index contributed by atoms with van der Waals surface area (Å²) in [7, 11) is 0. The number of ether oxygens (including phenoxy) is 1. The quantitative estimate of drug-likeness (QED) is 0.638. The number of H-pyrrole nitrogens is 1. The minimum absolute atomic E-state index is 0.0606. The monoisotopic (exact) mass is 347 g/mol. The Morgan fingerprint density at radius 3 is 3.00 bits per heavy atom. The Kier molecular flexibility index (Phi) is 4.66. The molecule has 9 nitrogen and oxygen atoms in total. The van der Waals surface area contributed by atoms with Crippen LogP contribution in [-0.4, -0.2) is 39.3 Å². The molecule has 0 saturated heterocycles. The van der Waals surface area contributed by atoms with E-state index in [-0.39, 0.29) is 24.6 Å². The summed E-state index contributed by atoms with van der Waals surface area (Å²) in [6.07, 6.45) is 1.26. The lowest BCUT2D eigenvalue weighted by Crippen LogP contribution is -2.32. The summed E-state index contributed by atoms with van der Waals surface area (Å²) < 4.78 is 9.76. The van der Waals surface area contributed by atoms with Gasteiger partial charge in [0.1, 0.15) is 23.7 Å². The first-order chi connectivity index (χ1) is 11.6. The minimum atomic E-state index is -0.528. The van der Waals surface area contributed by atoms with Crippen molar-refractivity contribution in [3.05, 3.63) is 45.3 Å². The van der Waals surface area contributed by atoms with Gasteiger partial charge in [-0.25, -0.2) is 9.61 Å². The van der Waals surface area contributed by atoms with Crippen molar-refractivity contribution in [3.63, 3.8) is 0 Å². The highest BCUT2D eigenvalue weighted by Gasteiger charge is 2.13. The van der Waals surface area contributed by atoms with Crippen molar-refractivity contribution in [1.82, 2.24) is 25.6 Å². The second-order valence-electron chi connectivity index (χ2n) is 4.71. The van der Waals surface area contributed by atoms with Crippen LogP contribution in [0.25, 0.3) is 10.7 Å². The molecular weight excluding hydrogens is 334 g/mol. The maximum Gasteiger partial charge on any atom is 0.278 e. The van der Waals surface area contributed by atoms with Crippen LogP contribution in [-0.2, 0) is 0 Å². The fraction of sp³-hybridized carbons (Fsp3) is 0.214. The molecule has 0 radical (unpaired) electrons. The SMILES string of the molecule is Cc1nonc1OCCNC(=O)c1cnc(-c2cccs2)[nH]c1=O. The van der Waals surface area contributed by atoms with Crippen molar-refractivity contribution < 1.29 is 14.2 Å². The second-order valence-corrected chi connectivity index (χ2v) is 5.66. The van der Waals surface area contributed by atoms with E-state index in [9.17, 15) is 9.59 Å². The zero-order valence-electron chi connectivity index (χ0n) is 12.6. The number of carbonyl (C=O) groups excluding carboxylic acids is 1. The summed E-state index contributed by atoms with van der Waals surface area (Å²) in [4.78, 5) is 31.6. The van der Waals surface area contributed by atoms with E-state index in [4.69, 9.17) is 4.74 Å². The summed E-state index contributed by atoms with van der Waals surface area (Å²) in [5.74, 6) is 0.174. The number of hydrogen-bond acceptors (Lipinski definition) is 8. The first-order valence-electron chi connectivity index (χ1n) is 6.98. The number of aryl methyl sites for hydroxylation is 1. The minimum Gasteiger partial charge on any atom is -0.472 e. The lowest BCUT2D eigenvalue weighted by atomic mass is 10.3. The van der Waals surface area contributed by atoms with Crippen molar-refractivity contribution in [1.29, 1.82) is 0 Å². The predicted molar refractivity (Wildman–Crippen MR) is 85.0 cm³/mol. The van der Waals surface area contributed by atoms with E-state index in [1.54, 1.807) is 6.92 Å². The van der Waals surface area contributed by atoms with E-state index < -0.39 is 11.5 Å². The van der Waals surface area contributed by atoms with Crippen LogP contribution >= 0.6 is 11.3 Å². The van der Waals surface area contributed by atoms with Crippen LogP contribution in [0.2, 0.25) is 0 Å². The Hall–Kier alpha value is -3.01.